The lowest BCUT2D eigenvalue weighted by atomic mass is 10.1. The molecular formula is C25H27N3O3S. The highest BCUT2D eigenvalue weighted by Gasteiger charge is 2.14. The topological polar surface area (TPSA) is 78.5 Å². The third-order valence-corrected chi connectivity index (χ3v) is 6.90. The summed E-state index contributed by atoms with van der Waals surface area (Å²) >= 11 is 0. The molecule has 0 atom stereocenters. The average Bonchev–Trinajstić information content (AvgIpc) is 3.32. The third kappa shape index (κ3) is 5.75. The first kappa shape index (κ1) is 22.0. The predicted octanol–water partition coefficient (Wildman–Crippen LogP) is 4.01. The fourth-order valence-electron chi connectivity index (χ4n) is 3.82. The third-order valence-electron chi connectivity index (χ3n) is 5.50. The molecule has 1 heterocycles. The number of hydrogen-bond acceptors (Lipinski definition) is 4. The second-order valence-electron chi connectivity index (χ2n) is 7.98. The van der Waals surface area contributed by atoms with Gasteiger partial charge in [0.15, 0.2) is 0 Å². The van der Waals surface area contributed by atoms with Gasteiger partial charge in [-0.05, 0) is 73.5 Å². The van der Waals surface area contributed by atoms with Crippen LogP contribution in [0.15, 0.2) is 83.8 Å². The van der Waals surface area contributed by atoms with Crippen molar-refractivity contribution in [2.45, 2.75) is 30.8 Å². The summed E-state index contributed by atoms with van der Waals surface area (Å²) in [6.07, 6.45) is 2.53. The molecule has 1 aliphatic heterocycles. The zero-order chi connectivity index (χ0) is 22.4. The molecule has 6 nitrogen and oxygen atoms in total. The summed E-state index contributed by atoms with van der Waals surface area (Å²) in [6, 6.07) is 22.9. The molecule has 0 aliphatic carbocycles. The molecule has 0 unspecified atom stereocenters. The molecule has 166 valence electrons. The first-order valence-corrected chi connectivity index (χ1v) is 12.2. The van der Waals surface area contributed by atoms with Gasteiger partial charge < -0.3 is 5.32 Å². The van der Waals surface area contributed by atoms with Gasteiger partial charge in [0.25, 0.3) is 15.9 Å². The molecule has 0 radical (unpaired) electrons. The number of carbonyl (C=O) groups excluding carboxylic acids is 1. The minimum Gasteiger partial charge on any atom is -0.348 e. The van der Waals surface area contributed by atoms with Crippen molar-refractivity contribution in [3.63, 3.8) is 0 Å². The van der Waals surface area contributed by atoms with Crippen molar-refractivity contribution in [1.29, 1.82) is 0 Å². The van der Waals surface area contributed by atoms with Crippen LogP contribution in [0.5, 0.6) is 0 Å². The lowest BCUT2D eigenvalue weighted by Gasteiger charge is -2.15. The zero-order valence-electron chi connectivity index (χ0n) is 17.8. The molecule has 1 aliphatic rings. The molecule has 0 saturated carbocycles. The molecule has 3 aromatic carbocycles. The minimum absolute atomic E-state index is 0.189. The summed E-state index contributed by atoms with van der Waals surface area (Å²) in [5, 5.41) is 2.94. The molecule has 0 bridgehead atoms. The molecule has 4 rings (SSSR count). The van der Waals surface area contributed by atoms with E-state index in [2.05, 4.69) is 27.1 Å². The van der Waals surface area contributed by atoms with Gasteiger partial charge in [-0.25, -0.2) is 8.42 Å². The first-order valence-electron chi connectivity index (χ1n) is 10.8. The van der Waals surface area contributed by atoms with Gasteiger partial charge in [0.2, 0.25) is 0 Å². The molecule has 2 N–H and O–H groups in total. The van der Waals surface area contributed by atoms with E-state index < -0.39 is 10.0 Å². The van der Waals surface area contributed by atoms with Crippen molar-refractivity contribution >= 4 is 21.6 Å². The predicted molar refractivity (Wildman–Crippen MR) is 126 cm³/mol. The van der Waals surface area contributed by atoms with E-state index in [0.29, 0.717) is 17.8 Å². The van der Waals surface area contributed by atoms with Gasteiger partial charge in [-0.15, -0.1) is 0 Å². The van der Waals surface area contributed by atoms with Crippen molar-refractivity contribution in [3.8, 4) is 0 Å². The molecule has 32 heavy (non-hydrogen) atoms. The van der Waals surface area contributed by atoms with Crippen molar-refractivity contribution in [2.75, 3.05) is 17.8 Å². The maximum absolute atomic E-state index is 12.5. The average molecular weight is 450 g/mol. The van der Waals surface area contributed by atoms with Gasteiger partial charge in [-0.1, -0.05) is 42.5 Å². The Morgan fingerprint density at radius 1 is 0.844 bits per heavy atom. The Hall–Kier alpha value is -3.16. The molecular weight excluding hydrogens is 422 g/mol. The minimum atomic E-state index is -3.66. The van der Waals surface area contributed by atoms with Crippen molar-refractivity contribution in [3.05, 3.63) is 95.6 Å². The Kier molecular flexibility index (Phi) is 6.87. The summed E-state index contributed by atoms with van der Waals surface area (Å²) in [6.45, 7) is 3.69. The van der Waals surface area contributed by atoms with E-state index in [9.17, 15) is 13.2 Å². The van der Waals surface area contributed by atoms with E-state index in [4.69, 9.17) is 0 Å². The highest BCUT2D eigenvalue weighted by Crippen LogP contribution is 2.17. The normalized spacial score (nSPS) is 14.2. The van der Waals surface area contributed by atoms with E-state index >= 15 is 0 Å². The number of anilines is 1. The van der Waals surface area contributed by atoms with E-state index in [1.165, 1.54) is 30.5 Å². The smallest absolute Gasteiger partial charge is 0.261 e. The fraction of sp³-hybridized carbons (Fsp3) is 0.240. The molecule has 1 amide bonds. The Morgan fingerprint density at radius 3 is 2.25 bits per heavy atom. The summed E-state index contributed by atoms with van der Waals surface area (Å²) in [5.74, 6) is -0.201. The van der Waals surface area contributed by atoms with Crippen molar-refractivity contribution < 1.29 is 13.2 Å². The molecule has 1 fully saturated rings. The number of benzene rings is 3. The Morgan fingerprint density at radius 2 is 1.53 bits per heavy atom. The lowest BCUT2D eigenvalue weighted by Crippen LogP contribution is -2.23. The number of nitrogens with one attached hydrogen (secondary N) is 2. The van der Waals surface area contributed by atoms with Crippen LogP contribution in [0.1, 0.15) is 34.3 Å². The highest BCUT2D eigenvalue weighted by atomic mass is 32.2. The van der Waals surface area contributed by atoms with E-state index in [1.807, 2.05) is 12.1 Å². The number of hydrogen-bond donors (Lipinski definition) is 2. The number of sulfonamides is 1. The summed E-state index contributed by atoms with van der Waals surface area (Å²) in [5.41, 5.74) is 3.19. The lowest BCUT2D eigenvalue weighted by molar-refractivity contribution is 0.0951. The van der Waals surface area contributed by atoms with E-state index in [0.717, 1.165) is 25.2 Å². The largest absolute Gasteiger partial charge is 0.348 e. The molecule has 0 spiro atoms. The first-order chi connectivity index (χ1) is 15.5. The van der Waals surface area contributed by atoms with Gasteiger partial charge in [-0.3, -0.25) is 14.4 Å². The van der Waals surface area contributed by atoms with Crippen LogP contribution in [-0.2, 0) is 23.1 Å². The van der Waals surface area contributed by atoms with Gasteiger partial charge >= 0.3 is 0 Å². The molecule has 7 heteroatoms. The summed E-state index contributed by atoms with van der Waals surface area (Å²) in [4.78, 5) is 15.2. The number of amides is 1. The second-order valence-corrected chi connectivity index (χ2v) is 9.66. The second kappa shape index (κ2) is 9.97. The van der Waals surface area contributed by atoms with Crippen LogP contribution in [0.2, 0.25) is 0 Å². The van der Waals surface area contributed by atoms with Crippen molar-refractivity contribution in [1.82, 2.24) is 10.2 Å². The number of nitrogens with zero attached hydrogens (tertiary/aromatic N) is 1. The SMILES string of the molecule is O=C(NCc1cccc(CN2CCCC2)c1)c1ccc(NS(=O)(=O)c2ccccc2)cc1. The molecule has 3 aromatic rings. The van der Waals surface area contributed by atoms with Gasteiger partial charge in [0, 0.05) is 24.3 Å². The van der Waals surface area contributed by atoms with Crippen LogP contribution in [0.4, 0.5) is 5.69 Å². The van der Waals surface area contributed by atoms with Crippen LogP contribution in [0.25, 0.3) is 0 Å². The number of carbonyl (C=O) groups is 1. The molecule has 0 aromatic heterocycles. The number of rotatable bonds is 8. The van der Waals surface area contributed by atoms with Crippen molar-refractivity contribution in [2.24, 2.45) is 0 Å². The maximum atomic E-state index is 12.5. The Balaban J connectivity index is 1.33. The Labute approximate surface area is 189 Å². The van der Waals surface area contributed by atoms with Crippen LogP contribution in [-0.4, -0.2) is 32.3 Å². The number of likely N-dealkylation sites (tertiary alicyclic amines) is 1. The summed E-state index contributed by atoms with van der Waals surface area (Å²) < 4.78 is 27.4. The Bertz CT molecular complexity index is 1160. The monoisotopic (exact) mass is 449 g/mol. The van der Waals surface area contributed by atoms with E-state index in [-0.39, 0.29) is 10.8 Å². The quantitative estimate of drug-likeness (QED) is 0.545. The highest BCUT2D eigenvalue weighted by molar-refractivity contribution is 7.92. The van der Waals surface area contributed by atoms with E-state index in [1.54, 1.807) is 42.5 Å². The van der Waals surface area contributed by atoms with Crippen LogP contribution in [0.3, 0.4) is 0 Å². The van der Waals surface area contributed by atoms with Crippen LogP contribution >= 0.6 is 0 Å². The van der Waals surface area contributed by atoms with Gasteiger partial charge in [0.05, 0.1) is 4.90 Å². The standard InChI is InChI=1S/C25H27N3O3S/c29-25(26-18-20-7-6-8-21(17-20)19-28-15-4-5-16-28)22-11-13-23(14-12-22)27-32(30,31)24-9-2-1-3-10-24/h1-3,6-14,17,27H,4-5,15-16,18-19H2,(H,26,29). The fourth-order valence-corrected chi connectivity index (χ4v) is 4.90. The zero-order valence-corrected chi connectivity index (χ0v) is 18.6. The van der Waals surface area contributed by atoms with Crippen LogP contribution in [0, 0.1) is 0 Å². The van der Waals surface area contributed by atoms with Gasteiger partial charge in [0.1, 0.15) is 0 Å². The molecule has 1 saturated heterocycles. The summed E-state index contributed by atoms with van der Waals surface area (Å²) in [7, 11) is -3.66. The maximum Gasteiger partial charge on any atom is 0.261 e. The van der Waals surface area contributed by atoms with Gasteiger partial charge in [-0.2, -0.15) is 0 Å². The van der Waals surface area contributed by atoms with Crippen LogP contribution < -0.4 is 10.0 Å².